The molecule has 0 saturated heterocycles. The predicted molar refractivity (Wildman–Crippen MR) is 47.9 cm³/mol. The standard InChI is InChI=1S/C8H11N3O3/c1-5-6(4-11(2)10-5)8(14)9-3-7(12)13/h4H,3H2,1-2H3,(H,9,14)(H,12,13). The van der Waals surface area contributed by atoms with Gasteiger partial charge in [0.2, 0.25) is 0 Å². The van der Waals surface area contributed by atoms with Crippen LogP contribution >= 0.6 is 0 Å². The van der Waals surface area contributed by atoms with Gasteiger partial charge in [0.25, 0.3) is 5.91 Å². The molecule has 0 aromatic carbocycles. The largest absolute Gasteiger partial charge is 0.480 e. The van der Waals surface area contributed by atoms with Gasteiger partial charge >= 0.3 is 5.97 Å². The van der Waals surface area contributed by atoms with Crippen LogP contribution < -0.4 is 5.32 Å². The molecular formula is C8H11N3O3. The fourth-order valence-electron chi connectivity index (χ4n) is 1.07. The molecule has 14 heavy (non-hydrogen) atoms. The summed E-state index contributed by atoms with van der Waals surface area (Å²) in [6.45, 7) is 1.31. The average Bonchev–Trinajstić information content (AvgIpc) is 2.41. The predicted octanol–water partition coefficient (Wildman–Crippen LogP) is -0.457. The summed E-state index contributed by atoms with van der Waals surface area (Å²) in [6.07, 6.45) is 1.55. The van der Waals surface area contributed by atoms with Crippen LogP contribution in [0.5, 0.6) is 0 Å². The van der Waals surface area contributed by atoms with Crippen molar-refractivity contribution in [2.75, 3.05) is 6.54 Å². The Morgan fingerprint density at radius 1 is 1.64 bits per heavy atom. The van der Waals surface area contributed by atoms with E-state index in [4.69, 9.17) is 5.11 Å². The molecule has 1 aromatic rings. The number of carboxylic acid groups (broad SMARTS) is 1. The molecule has 0 aliphatic rings. The van der Waals surface area contributed by atoms with E-state index in [1.165, 1.54) is 4.68 Å². The van der Waals surface area contributed by atoms with Crippen LogP contribution in [-0.4, -0.2) is 33.3 Å². The van der Waals surface area contributed by atoms with Crippen LogP contribution in [0.1, 0.15) is 16.1 Å². The molecule has 0 saturated carbocycles. The van der Waals surface area contributed by atoms with Gasteiger partial charge in [-0.3, -0.25) is 14.3 Å². The van der Waals surface area contributed by atoms with Gasteiger partial charge in [-0.05, 0) is 6.92 Å². The van der Waals surface area contributed by atoms with Crippen molar-refractivity contribution in [3.05, 3.63) is 17.5 Å². The van der Waals surface area contributed by atoms with Crippen LogP contribution in [0.4, 0.5) is 0 Å². The van der Waals surface area contributed by atoms with Gasteiger partial charge in [-0.2, -0.15) is 5.10 Å². The van der Waals surface area contributed by atoms with Gasteiger partial charge in [0, 0.05) is 13.2 Å². The second kappa shape index (κ2) is 3.91. The molecule has 0 spiro atoms. The van der Waals surface area contributed by atoms with Crippen molar-refractivity contribution in [3.63, 3.8) is 0 Å². The van der Waals surface area contributed by atoms with E-state index in [9.17, 15) is 9.59 Å². The summed E-state index contributed by atoms with van der Waals surface area (Å²) in [4.78, 5) is 21.5. The molecule has 2 N–H and O–H groups in total. The van der Waals surface area contributed by atoms with E-state index in [0.29, 0.717) is 11.3 Å². The molecule has 0 bridgehead atoms. The molecule has 0 aliphatic carbocycles. The third kappa shape index (κ3) is 2.32. The quantitative estimate of drug-likeness (QED) is 0.686. The first kappa shape index (κ1) is 10.2. The van der Waals surface area contributed by atoms with Crippen molar-refractivity contribution >= 4 is 11.9 Å². The van der Waals surface area contributed by atoms with Gasteiger partial charge in [0.1, 0.15) is 6.54 Å². The van der Waals surface area contributed by atoms with Crippen LogP contribution in [0.2, 0.25) is 0 Å². The zero-order chi connectivity index (χ0) is 10.7. The molecule has 1 heterocycles. The lowest BCUT2D eigenvalue weighted by Gasteiger charge is -1.99. The number of amides is 1. The summed E-state index contributed by atoms with van der Waals surface area (Å²) >= 11 is 0. The van der Waals surface area contributed by atoms with Gasteiger partial charge in [-0.15, -0.1) is 0 Å². The number of aromatic nitrogens is 2. The van der Waals surface area contributed by atoms with Gasteiger partial charge in [-0.1, -0.05) is 0 Å². The Morgan fingerprint density at radius 3 is 2.71 bits per heavy atom. The second-order valence-corrected chi connectivity index (χ2v) is 2.88. The van der Waals surface area contributed by atoms with Crippen molar-refractivity contribution in [1.82, 2.24) is 15.1 Å². The summed E-state index contributed by atoms with van der Waals surface area (Å²) in [6, 6.07) is 0. The van der Waals surface area contributed by atoms with Crippen molar-refractivity contribution in [2.24, 2.45) is 7.05 Å². The number of nitrogens with zero attached hydrogens (tertiary/aromatic N) is 2. The Hall–Kier alpha value is -1.85. The summed E-state index contributed by atoms with van der Waals surface area (Å²) in [5.74, 6) is -1.49. The highest BCUT2D eigenvalue weighted by Crippen LogP contribution is 2.03. The molecule has 1 rings (SSSR count). The third-order valence-electron chi connectivity index (χ3n) is 1.66. The fraction of sp³-hybridized carbons (Fsp3) is 0.375. The summed E-state index contributed by atoms with van der Waals surface area (Å²) < 4.78 is 1.50. The maximum Gasteiger partial charge on any atom is 0.322 e. The summed E-state index contributed by atoms with van der Waals surface area (Å²) in [5, 5.41) is 14.6. The third-order valence-corrected chi connectivity index (χ3v) is 1.66. The Balaban J connectivity index is 2.69. The molecule has 0 unspecified atom stereocenters. The van der Waals surface area contributed by atoms with E-state index < -0.39 is 11.9 Å². The minimum Gasteiger partial charge on any atom is -0.480 e. The van der Waals surface area contributed by atoms with E-state index in [1.54, 1.807) is 20.2 Å². The Labute approximate surface area is 80.5 Å². The lowest BCUT2D eigenvalue weighted by molar-refractivity contribution is -0.135. The van der Waals surface area contributed by atoms with Crippen molar-refractivity contribution in [1.29, 1.82) is 0 Å². The minimum absolute atomic E-state index is 0.382. The molecule has 1 amide bonds. The number of rotatable bonds is 3. The number of aliphatic carboxylic acids is 1. The highest BCUT2D eigenvalue weighted by molar-refractivity contribution is 5.96. The maximum atomic E-state index is 11.4. The molecule has 76 valence electrons. The van der Waals surface area contributed by atoms with Crippen LogP contribution in [-0.2, 0) is 11.8 Å². The topological polar surface area (TPSA) is 84.2 Å². The number of carbonyl (C=O) groups is 2. The van der Waals surface area contributed by atoms with E-state index in [-0.39, 0.29) is 6.54 Å². The van der Waals surface area contributed by atoms with Gasteiger partial charge in [0.15, 0.2) is 0 Å². The molecule has 0 aliphatic heterocycles. The van der Waals surface area contributed by atoms with Crippen molar-refractivity contribution < 1.29 is 14.7 Å². The number of carbonyl (C=O) groups excluding carboxylic acids is 1. The summed E-state index contributed by atoms with van der Waals surface area (Å²) in [7, 11) is 1.70. The van der Waals surface area contributed by atoms with Crippen LogP contribution in [0.25, 0.3) is 0 Å². The van der Waals surface area contributed by atoms with Crippen molar-refractivity contribution in [3.8, 4) is 0 Å². The monoisotopic (exact) mass is 197 g/mol. The Bertz CT molecular complexity index is 370. The zero-order valence-corrected chi connectivity index (χ0v) is 7.94. The molecule has 0 radical (unpaired) electrons. The van der Waals surface area contributed by atoms with Gasteiger partial charge in [0.05, 0.1) is 11.3 Å². The van der Waals surface area contributed by atoms with E-state index in [1.807, 2.05) is 0 Å². The van der Waals surface area contributed by atoms with E-state index in [0.717, 1.165) is 0 Å². The molecule has 6 nitrogen and oxygen atoms in total. The fourth-order valence-corrected chi connectivity index (χ4v) is 1.07. The Kier molecular flexibility index (Phi) is 2.85. The minimum atomic E-state index is -1.07. The first-order chi connectivity index (χ1) is 6.50. The van der Waals surface area contributed by atoms with Crippen molar-refractivity contribution in [2.45, 2.75) is 6.92 Å². The average molecular weight is 197 g/mol. The smallest absolute Gasteiger partial charge is 0.322 e. The lowest BCUT2D eigenvalue weighted by Crippen LogP contribution is -2.29. The number of hydrogen-bond acceptors (Lipinski definition) is 3. The first-order valence-corrected chi connectivity index (χ1v) is 4.01. The summed E-state index contributed by atoms with van der Waals surface area (Å²) in [5.41, 5.74) is 0.976. The normalized spacial score (nSPS) is 9.86. The number of hydrogen-bond donors (Lipinski definition) is 2. The van der Waals surface area contributed by atoms with Crippen LogP contribution in [0.3, 0.4) is 0 Å². The zero-order valence-electron chi connectivity index (χ0n) is 7.94. The number of carboxylic acids is 1. The first-order valence-electron chi connectivity index (χ1n) is 4.01. The van der Waals surface area contributed by atoms with E-state index in [2.05, 4.69) is 10.4 Å². The van der Waals surface area contributed by atoms with Crippen LogP contribution in [0.15, 0.2) is 6.20 Å². The van der Waals surface area contributed by atoms with Gasteiger partial charge < -0.3 is 10.4 Å². The molecular weight excluding hydrogens is 186 g/mol. The maximum absolute atomic E-state index is 11.4. The number of nitrogens with one attached hydrogen (secondary N) is 1. The van der Waals surface area contributed by atoms with Crippen LogP contribution in [0, 0.1) is 6.92 Å². The highest BCUT2D eigenvalue weighted by Gasteiger charge is 2.12. The second-order valence-electron chi connectivity index (χ2n) is 2.88. The molecule has 1 aromatic heterocycles. The SMILES string of the molecule is Cc1nn(C)cc1C(=O)NCC(=O)O. The highest BCUT2D eigenvalue weighted by atomic mass is 16.4. The molecule has 0 fully saturated rings. The number of aryl methyl sites for hydroxylation is 2. The Morgan fingerprint density at radius 2 is 2.29 bits per heavy atom. The van der Waals surface area contributed by atoms with Gasteiger partial charge in [-0.25, -0.2) is 0 Å². The lowest BCUT2D eigenvalue weighted by atomic mass is 10.2. The van der Waals surface area contributed by atoms with E-state index >= 15 is 0 Å². The molecule has 6 heteroatoms. The molecule has 0 atom stereocenters.